The first-order chi connectivity index (χ1) is 16.5. The zero-order valence-corrected chi connectivity index (χ0v) is 19.6. The Kier molecular flexibility index (Phi) is 5.85. The fraction of sp³-hybridized carbons (Fsp3) is 0.160. The number of nitrogens with one attached hydrogen (secondary N) is 1. The molecule has 0 aliphatic heterocycles. The van der Waals surface area contributed by atoms with E-state index in [1.54, 1.807) is 0 Å². The highest BCUT2D eigenvalue weighted by Gasteiger charge is 2.14. The molecule has 0 bridgehead atoms. The summed E-state index contributed by atoms with van der Waals surface area (Å²) in [5.74, 6) is 7.26. The fourth-order valence-electron chi connectivity index (χ4n) is 3.59. The third-order valence-corrected chi connectivity index (χ3v) is 6.52. The number of hydrogen-bond acceptors (Lipinski definition) is 7. The largest absolute Gasteiger partial charge is 0.486 e. The molecule has 0 saturated carbocycles. The van der Waals surface area contributed by atoms with Gasteiger partial charge in [-0.15, -0.1) is 10.2 Å². The highest BCUT2D eigenvalue weighted by atomic mass is 32.2. The number of carbonyl (C=O) groups is 1. The Morgan fingerprint density at radius 2 is 1.85 bits per heavy atom. The maximum Gasteiger partial charge on any atom is 0.234 e. The number of aromatic nitrogens is 3. The van der Waals surface area contributed by atoms with Gasteiger partial charge in [0.25, 0.3) is 0 Å². The number of nitrogens with zero attached hydrogens (tertiary/aromatic N) is 3. The van der Waals surface area contributed by atoms with Gasteiger partial charge in [0.1, 0.15) is 23.5 Å². The van der Waals surface area contributed by atoms with E-state index in [2.05, 4.69) is 15.5 Å². The molecular formula is C25H23N5O3S. The van der Waals surface area contributed by atoms with Crippen LogP contribution in [0.1, 0.15) is 17.0 Å². The second-order valence-corrected chi connectivity index (χ2v) is 8.89. The molecule has 0 saturated heterocycles. The minimum atomic E-state index is -0.184. The van der Waals surface area contributed by atoms with Crippen LogP contribution in [-0.4, -0.2) is 26.5 Å². The van der Waals surface area contributed by atoms with E-state index < -0.39 is 0 Å². The molecule has 8 nitrogen and oxygen atoms in total. The lowest BCUT2D eigenvalue weighted by Gasteiger charge is -2.08. The number of benzene rings is 3. The number of carbonyl (C=O) groups excluding carboxylic acids is 1. The predicted molar refractivity (Wildman–Crippen MR) is 133 cm³/mol. The van der Waals surface area contributed by atoms with Gasteiger partial charge in [-0.05, 0) is 55.3 Å². The third-order valence-electron chi connectivity index (χ3n) is 5.58. The summed E-state index contributed by atoms with van der Waals surface area (Å²) >= 11 is 1.20. The monoisotopic (exact) mass is 473 g/mol. The van der Waals surface area contributed by atoms with Crippen molar-refractivity contribution in [1.29, 1.82) is 0 Å². The average Bonchev–Trinajstić information content (AvgIpc) is 3.37. The molecule has 2 aromatic heterocycles. The van der Waals surface area contributed by atoms with Gasteiger partial charge in [0.05, 0.1) is 5.75 Å². The number of furan rings is 1. The molecule has 5 aromatic rings. The highest BCUT2D eigenvalue weighted by Crippen LogP contribution is 2.30. The van der Waals surface area contributed by atoms with Crippen molar-refractivity contribution in [1.82, 2.24) is 14.9 Å². The molecule has 0 atom stereocenters. The maximum absolute atomic E-state index is 12.5. The van der Waals surface area contributed by atoms with Crippen molar-refractivity contribution in [2.24, 2.45) is 0 Å². The summed E-state index contributed by atoms with van der Waals surface area (Å²) in [6.07, 6.45) is 0. The van der Waals surface area contributed by atoms with E-state index in [-0.39, 0.29) is 18.3 Å². The van der Waals surface area contributed by atoms with E-state index in [1.807, 2.05) is 74.5 Å². The molecule has 0 radical (unpaired) electrons. The summed E-state index contributed by atoms with van der Waals surface area (Å²) in [5, 5.41) is 13.5. The number of fused-ring (bicyclic) bond motifs is 3. The molecule has 0 spiro atoms. The van der Waals surface area contributed by atoms with Gasteiger partial charge in [0, 0.05) is 22.5 Å². The molecule has 2 heterocycles. The zero-order chi connectivity index (χ0) is 23.7. The van der Waals surface area contributed by atoms with Crippen LogP contribution in [0.5, 0.6) is 5.75 Å². The lowest BCUT2D eigenvalue weighted by molar-refractivity contribution is -0.113. The Morgan fingerprint density at radius 3 is 2.71 bits per heavy atom. The summed E-state index contributed by atoms with van der Waals surface area (Å²) in [4.78, 5) is 12.5. The van der Waals surface area contributed by atoms with Crippen molar-refractivity contribution < 1.29 is 13.9 Å². The summed E-state index contributed by atoms with van der Waals surface area (Å²) < 4.78 is 13.0. The number of para-hydroxylation sites is 1. The van der Waals surface area contributed by atoms with Crippen molar-refractivity contribution in [2.75, 3.05) is 16.9 Å². The standard InChI is InChI=1S/C25H23N5O3S/c1-15-7-9-18(11-16(15)2)32-13-23-28-29-25(30(23)26)34-14-24(31)27-17-8-10-20-19-5-3-4-6-21(19)33-22(20)12-17/h3-12H,13-14,26H2,1-2H3,(H,27,31). The van der Waals surface area contributed by atoms with Crippen LogP contribution in [0, 0.1) is 13.8 Å². The number of thioether (sulfide) groups is 1. The highest BCUT2D eigenvalue weighted by molar-refractivity contribution is 7.99. The van der Waals surface area contributed by atoms with Crippen molar-refractivity contribution in [3.05, 3.63) is 77.6 Å². The van der Waals surface area contributed by atoms with E-state index in [0.717, 1.165) is 33.3 Å². The lowest BCUT2D eigenvalue weighted by atomic mass is 10.1. The van der Waals surface area contributed by atoms with Gasteiger partial charge >= 0.3 is 0 Å². The first-order valence-corrected chi connectivity index (χ1v) is 11.7. The molecule has 0 unspecified atom stereocenters. The Bertz CT molecular complexity index is 1510. The number of ether oxygens (including phenoxy) is 1. The number of hydrogen-bond donors (Lipinski definition) is 2. The predicted octanol–water partition coefficient (Wildman–Crippen LogP) is 4.82. The third kappa shape index (κ3) is 4.42. The summed E-state index contributed by atoms with van der Waals surface area (Å²) in [5.41, 5.74) is 4.55. The molecule has 0 aliphatic rings. The lowest BCUT2D eigenvalue weighted by Crippen LogP contribution is -2.18. The van der Waals surface area contributed by atoms with Gasteiger partial charge in [0.2, 0.25) is 11.1 Å². The number of nitrogen functional groups attached to an aromatic ring is 1. The number of amides is 1. The second kappa shape index (κ2) is 9.11. The van der Waals surface area contributed by atoms with Gasteiger partial charge in [-0.2, -0.15) is 0 Å². The topological polar surface area (TPSA) is 108 Å². The van der Waals surface area contributed by atoms with Crippen LogP contribution < -0.4 is 15.9 Å². The van der Waals surface area contributed by atoms with E-state index in [0.29, 0.717) is 16.7 Å². The quantitative estimate of drug-likeness (QED) is 0.258. The Balaban J connectivity index is 1.19. The van der Waals surface area contributed by atoms with Gasteiger partial charge in [-0.25, -0.2) is 4.68 Å². The Hall–Kier alpha value is -3.98. The SMILES string of the molecule is Cc1ccc(OCc2nnc(SCC(=O)Nc3ccc4c(c3)oc3ccccc34)n2N)cc1C. The molecule has 0 fully saturated rings. The van der Waals surface area contributed by atoms with Crippen molar-refractivity contribution >= 4 is 45.3 Å². The maximum atomic E-state index is 12.5. The smallest absolute Gasteiger partial charge is 0.234 e. The fourth-order valence-corrected chi connectivity index (χ4v) is 4.26. The summed E-state index contributed by atoms with van der Waals surface area (Å²) in [6.45, 7) is 4.25. The molecule has 34 heavy (non-hydrogen) atoms. The number of anilines is 1. The van der Waals surface area contributed by atoms with Gasteiger partial charge < -0.3 is 20.3 Å². The zero-order valence-electron chi connectivity index (χ0n) is 18.7. The van der Waals surface area contributed by atoms with Crippen LogP contribution in [0.25, 0.3) is 21.9 Å². The average molecular weight is 474 g/mol. The van der Waals surface area contributed by atoms with Crippen LogP contribution in [0.3, 0.4) is 0 Å². The van der Waals surface area contributed by atoms with Crippen LogP contribution in [-0.2, 0) is 11.4 Å². The first kappa shape index (κ1) is 21.8. The summed E-state index contributed by atoms with van der Waals surface area (Å²) in [6, 6.07) is 19.4. The molecule has 172 valence electrons. The number of aryl methyl sites for hydroxylation is 2. The van der Waals surface area contributed by atoms with E-state index >= 15 is 0 Å². The van der Waals surface area contributed by atoms with Crippen LogP contribution in [0.15, 0.2) is 70.2 Å². The Labute approximate surface area is 200 Å². The minimum Gasteiger partial charge on any atom is -0.486 e. The molecule has 3 N–H and O–H groups in total. The Morgan fingerprint density at radius 1 is 1.03 bits per heavy atom. The van der Waals surface area contributed by atoms with Crippen molar-refractivity contribution in [3.8, 4) is 5.75 Å². The minimum absolute atomic E-state index is 0.130. The number of rotatable bonds is 7. The first-order valence-electron chi connectivity index (χ1n) is 10.7. The van der Waals surface area contributed by atoms with E-state index in [4.69, 9.17) is 15.0 Å². The van der Waals surface area contributed by atoms with Crippen LogP contribution in [0.2, 0.25) is 0 Å². The molecule has 5 rings (SSSR count). The van der Waals surface area contributed by atoms with Crippen molar-refractivity contribution in [3.63, 3.8) is 0 Å². The van der Waals surface area contributed by atoms with E-state index in [1.165, 1.54) is 22.0 Å². The second-order valence-electron chi connectivity index (χ2n) is 7.95. The van der Waals surface area contributed by atoms with Crippen LogP contribution >= 0.6 is 11.8 Å². The van der Waals surface area contributed by atoms with Gasteiger partial charge in [0.15, 0.2) is 5.82 Å². The summed E-state index contributed by atoms with van der Waals surface area (Å²) in [7, 11) is 0. The van der Waals surface area contributed by atoms with Crippen LogP contribution in [0.4, 0.5) is 5.69 Å². The van der Waals surface area contributed by atoms with Gasteiger partial charge in [-0.1, -0.05) is 36.0 Å². The van der Waals surface area contributed by atoms with Gasteiger partial charge in [-0.3, -0.25) is 4.79 Å². The molecule has 0 aliphatic carbocycles. The number of nitrogens with two attached hydrogens (primary N) is 1. The molecular weight excluding hydrogens is 450 g/mol. The van der Waals surface area contributed by atoms with Crippen molar-refractivity contribution in [2.45, 2.75) is 25.6 Å². The normalized spacial score (nSPS) is 11.2. The molecule has 9 heteroatoms. The molecule has 1 amide bonds. The van der Waals surface area contributed by atoms with E-state index in [9.17, 15) is 4.79 Å². The molecule has 3 aromatic carbocycles.